The number of carbonyl (C=O) groups excluding carboxylic acids is 1. The first kappa shape index (κ1) is 14.6. The van der Waals surface area contributed by atoms with Gasteiger partial charge in [-0.05, 0) is 50.5 Å². The van der Waals surface area contributed by atoms with Crippen LogP contribution < -0.4 is 5.32 Å². The van der Waals surface area contributed by atoms with E-state index in [4.69, 9.17) is 9.84 Å². The molecule has 0 aromatic heterocycles. The Labute approximate surface area is 119 Å². The summed E-state index contributed by atoms with van der Waals surface area (Å²) >= 11 is 0. The average molecular weight is 273 g/mol. The third-order valence-electron chi connectivity index (χ3n) is 3.49. The highest BCUT2D eigenvalue weighted by molar-refractivity contribution is 5.97. The molecule has 4 heteroatoms. The molecule has 1 heterocycles. The van der Waals surface area contributed by atoms with Crippen LogP contribution in [0, 0.1) is 18.8 Å². The molecule has 1 fully saturated rings. The number of aliphatic hydroxyl groups is 1. The molecule has 1 unspecified atom stereocenters. The summed E-state index contributed by atoms with van der Waals surface area (Å²) < 4.78 is 5.52. The van der Waals surface area contributed by atoms with Gasteiger partial charge in [-0.2, -0.15) is 0 Å². The standard InChI is InChI=1S/C16H19NO3/c1-12-11-14(7-6-13(12)5-3-9-18)17-15(19)16(2)8-4-10-20-16/h6-7,11,18H,4,8-10H2,1-2H3,(H,17,19). The number of anilines is 1. The highest BCUT2D eigenvalue weighted by Gasteiger charge is 2.37. The molecule has 4 nitrogen and oxygen atoms in total. The molecule has 1 amide bonds. The van der Waals surface area contributed by atoms with Crippen molar-refractivity contribution in [2.24, 2.45) is 0 Å². The van der Waals surface area contributed by atoms with E-state index in [1.54, 1.807) is 0 Å². The SMILES string of the molecule is Cc1cc(NC(=O)C2(C)CCCO2)ccc1C#CCO. The van der Waals surface area contributed by atoms with E-state index in [2.05, 4.69) is 17.2 Å². The summed E-state index contributed by atoms with van der Waals surface area (Å²) in [7, 11) is 0. The number of aliphatic hydroxyl groups excluding tert-OH is 1. The molecular formula is C16H19NO3. The summed E-state index contributed by atoms with van der Waals surface area (Å²) in [5, 5.41) is 11.6. The summed E-state index contributed by atoms with van der Waals surface area (Å²) in [4.78, 5) is 12.2. The number of nitrogens with one attached hydrogen (secondary N) is 1. The van der Waals surface area contributed by atoms with Gasteiger partial charge >= 0.3 is 0 Å². The van der Waals surface area contributed by atoms with Crippen LogP contribution in [0.5, 0.6) is 0 Å². The Morgan fingerprint density at radius 2 is 2.35 bits per heavy atom. The lowest BCUT2D eigenvalue weighted by atomic mass is 10.0. The van der Waals surface area contributed by atoms with Crippen molar-refractivity contribution in [1.29, 1.82) is 0 Å². The van der Waals surface area contributed by atoms with Crippen LogP contribution in [-0.4, -0.2) is 29.8 Å². The first-order chi connectivity index (χ1) is 9.55. The predicted octanol–water partition coefficient (Wildman–Crippen LogP) is 1.85. The molecule has 2 rings (SSSR count). The lowest BCUT2D eigenvalue weighted by molar-refractivity contribution is -0.133. The number of aryl methyl sites for hydroxylation is 1. The maximum atomic E-state index is 12.2. The zero-order valence-corrected chi connectivity index (χ0v) is 11.8. The second kappa shape index (κ2) is 6.08. The molecule has 0 bridgehead atoms. The number of ether oxygens (including phenoxy) is 1. The molecule has 1 saturated heterocycles. The summed E-state index contributed by atoms with van der Waals surface area (Å²) in [6.45, 7) is 4.22. The highest BCUT2D eigenvalue weighted by atomic mass is 16.5. The molecule has 0 saturated carbocycles. The molecule has 1 aliphatic rings. The fraction of sp³-hybridized carbons (Fsp3) is 0.438. The number of benzene rings is 1. The van der Waals surface area contributed by atoms with Crippen molar-refractivity contribution in [3.8, 4) is 11.8 Å². The zero-order valence-electron chi connectivity index (χ0n) is 11.8. The van der Waals surface area contributed by atoms with Crippen LogP contribution in [0.1, 0.15) is 30.9 Å². The monoisotopic (exact) mass is 273 g/mol. The van der Waals surface area contributed by atoms with Crippen molar-refractivity contribution in [2.75, 3.05) is 18.5 Å². The topological polar surface area (TPSA) is 58.6 Å². The van der Waals surface area contributed by atoms with Gasteiger partial charge in [0.2, 0.25) is 0 Å². The second-order valence-corrected chi connectivity index (χ2v) is 5.13. The highest BCUT2D eigenvalue weighted by Crippen LogP contribution is 2.27. The Balaban J connectivity index is 2.10. The quantitative estimate of drug-likeness (QED) is 0.808. The van der Waals surface area contributed by atoms with Gasteiger partial charge in [-0.3, -0.25) is 4.79 Å². The van der Waals surface area contributed by atoms with Gasteiger partial charge in [0.25, 0.3) is 5.91 Å². The molecule has 1 aromatic rings. The average Bonchev–Trinajstić information content (AvgIpc) is 2.86. The minimum atomic E-state index is -0.719. The summed E-state index contributed by atoms with van der Waals surface area (Å²) in [5.74, 6) is 5.38. The van der Waals surface area contributed by atoms with Crippen molar-refractivity contribution in [1.82, 2.24) is 0 Å². The number of hydrogen-bond acceptors (Lipinski definition) is 3. The van der Waals surface area contributed by atoms with Gasteiger partial charge in [0.05, 0.1) is 0 Å². The lowest BCUT2D eigenvalue weighted by Crippen LogP contribution is -2.39. The van der Waals surface area contributed by atoms with E-state index in [9.17, 15) is 4.79 Å². The van der Waals surface area contributed by atoms with Crippen molar-refractivity contribution in [2.45, 2.75) is 32.3 Å². The predicted molar refractivity (Wildman–Crippen MR) is 77.4 cm³/mol. The smallest absolute Gasteiger partial charge is 0.256 e. The molecule has 1 aliphatic heterocycles. The zero-order chi connectivity index (χ0) is 14.6. The molecule has 0 radical (unpaired) electrons. The molecule has 1 atom stereocenters. The first-order valence-electron chi connectivity index (χ1n) is 6.71. The van der Waals surface area contributed by atoms with E-state index < -0.39 is 5.60 Å². The molecule has 0 spiro atoms. The Bertz CT molecular complexity index is 563. The van der Waals surface area contributed by atoms with Crippen LogP contribution in [0.2, 0.25) is 0 Å². The molecule has 2 N–H and O–H groups in total. The van der Waals surface area contributed by atoms with Gasteiger partial charge in [-0.1, -0.05) is 11.8 Å². The van der Waals surface area contributed by atoms with E-state index in [1.165, 1.54) is 0 Å². The third-order valence-corrected chi connectivity index (χ3v) is 3.49. The van der Waals surface area contributed by atoms with Crippen LogP contribution in [-0.2, 0) is 9.53 Å². The van der Waals surface area contributed by atoms with E-state index in [0.29, 0.717) is 6.61 Å². The van der Waals surface area contributed by atoms with Gasteiger partial charge < -0.3 is 15.2 Å². The van der Waals surface area contributed by atoms with Crippen LogP contribution in [0.4, 0.5) is 5.69 Å². The van der Waals surface area contributed by atoms with Gasteiger partial charge in [0, 0.05) is 17.9 Å². The van der Waals surface area contributed by atoms with E-state index in [0.717, 1.165) is 29.7 Å². The Hall–Kier alpha value is -1.83. The summed E-state index contributed by atoms with van der Waals surface area (Å²) in [6.07, 6.45) is 1.66. The third kappa shape index (κ3) is 3.19. The number of hydrogen-bond donors (Lipinski definition) is 2. The van der Waals surface area contributed by atoms with Crippen LogP contribution in [0.3, 0.4) is 0 Å². The maximum Gasteiger partial charge on any atom is 0.256 e. The first-order valence-corrected chi connectivity index (χ1v) is 6.71. The van der Waals surface area contributed by atoms with Gasteiger partial charge in [-0.25, -0.2) is 0 Å². The maximum absolute atomic E-state index is 12.2. The number of amides is 1. The van der Waals surface area contributed by atoms with Crippen molar-refractivity contribution >= 4 is 11.6 Å². The Kier molecular flexibility index (Phi) is 4.43. The molecule has 20 heavy (non-hydrogen) atoms. The van der Waals surface area contributed by atoms with Crippen LogP contribution in [0.15, 0.2) is 18.2 Å². The van der Waals surface area contributed by atoms with Crippen molar-refractivity contribution in [3.63, 3.8) is 0 Å². The number of rotatable bonds is 2. The van der Waals surface area contributed by atoms with Gasteiger partial charge in [0.1, 0.15) is 12.2 Å². The van der Waals surface area contributed by atoms with E-state index >= 15 is 0 Å². The Morgan fingerprint density at radius 1 is 1.55 bits per heavy atom. The fourth-order valence-corrected chi connectivity index (χ4v) is 2.24. The van der Waals surface area contributed by atoms with E-state index in [1.807, 2.05) is 32.0 Å². The van der Waals surface area contributed by atoms with Crippen LogP contribution >= 0.6 is 0 Å². The summed E-state index contributed by atoms with van der Waals surface area (Å²) in [5.41, 5.74) is 1.82. The minimum absolute atomic E-state index is 0.108. The normalized spacial score (nSPS) is 21.1. The van der Waals surface area contributed by atoms with Crippen molar-refractivity contribution in [3.05, 3.63) is 29.3 Å². The van der Waals surface area contributed by atoms with Gasteiger partial charge in [-0.15, -0.1) is 0 Å². The van der Waals surface area contributed by atoms with Crippen LogP contribution in [0.25, 0.3) is 0 Å². The molecular weight excluding hydrogens is 254 g/mol. The largest absolute Gasteiger partial charge is 0.384 e. The Morgan fingerprint density at radius 3 is 2.95 bits per heavy atom. The van der Waals surface area contributed by atoms with Crippen molar-refractivity contribution < 1.29 is 14.6 Å². The fourth-order valence-electron chi connectivity index (χ4n) is 2.24. The molecule has 1 aromatic carbocycles. The number of carbonyl (C=O) groups is 1. The molecule has 106 valence electrons. The molecule has 0 aliphatic carbocycles. The van der Waals surface area contributed by atoms with E-state index in [-0.39, 0.29) is 12.5 Å². The minimum Gasteiger partial charge on any atom is -0.384 e. The second-order valence-electron chi connectivity index (χ2n) is 5.13. The summed E-state index contributed by atoms with van der Waals surface area (Å²) in [6, 6.07) is 5.52. The lowest BCUT2D eigenvalue weighted by Gasteiger charge is -2.22. The van der Waals surface area contributed by atoms with Gasteiger partial charge in [0.15, 0.2) is 0 Å².